The maximum Gasteiger partial charge on any atom is 0.296 e. The van der Waals surface area contributed by atoms with Gasteiger partial charge in [-0.3, -0.25) is 4.18 Å². The van der Waals surface area contributed by atoms with E-state index in [4.69, 9.17) is 4.18 Å². The lowest BCUT2D eigenvalue weighted by atomic mass is 9.89. The van der Waals surface area contributed by atoms with Crippen LogP contribution in [-0.2, 0) is 14.3 Å². The van der Waals surface area contributed by atoms with Crippen LogP contribution in [0.15, 0.2) is 89.8 Å². The van der Waals surface area contributed by atoms with Gasteiger partial charge >= 0.3 is 0 Å². The zero-order valence-corrected chi connectivity index (χ0v) is 15.5. The summed E-state index contributed by atoms with van der Waals surface area (Å²) in [7, 11) is -3.74. The first kappa shape index (κ1) is 18.4. The summed E-state index contributed by atoms with van der Waals surface area (Å²) in [6.07, 6.45) is 0.582. The van der Waals surface area contributed by atoms with Gasteiger partial charge in [-0.05, 0) is 36.6 Å². The van der Waals surface area contributed by atoms with Crippen LogP contribution < -0.4 is 0 Å². The predicted octanol–water partition coefficient (Wildman–Crippen LogP) is 4.92. The minimum atomic E-state index is -3.74. The number of aryl methyl sites for hydroxylation is 1. The van der Waals surface area contributed by atoms with Gasteiger partial charge in [-0.25, -0.2) is 0 Å². The highest BCUT2D eigenvalue weighted by molar-refractivity contribution is 7.86. The molecule has 0 saturated carbocycles. The van der Waals surface area contributed by atoms with E-state index in [1.165, 1.54) is 0 Å². The normalized spacial score (nSPS) is 11.6. The number of hydrogen-bond donors (Lipinski definition) is 0. The van der Waals surface area contributed by atoms with Gasteiger partial charge < -0.3 is 0 Å². The molecule has 0 fully saturated rings. The molecule has 134 valence electrons. The Hall–Kier alpha value is -2.43. The lowest BCUT2D eigenvalue weighted by Crippen LogP contribution is -2.11. The maximum absolute atomic E-state index is 12.4. The average Bonchev–Trinajstić information content (AvgIpc) is 2.67. The molecule has 0 saturated heterocycles. The number of rotatable bonds is 7. The van der Waals surface area contributed by atoms with Crippen LogP contribution in [0.25, 0.3) is 0 Å². The zero-order valence-electron chi connectivity index (χ0n) is 14.7. The first-order valence-corrected chi connectivity index (χ1v) is 10.0. The molecule has 0 aliphatic heterocycles. The predicted molar refractivity (Wildman–Crippen MR) is 104 cm³/mol. The molecule has 4 heteroatoms. The largest absolute Gasteiger partial charge is 0.296 e. The molecular formula is C22H22O3S. The summed E-state index contributed by atoms with van der Waals surface area (Å²) >= 11 is 0. The monoisotopic (exact) mass is 366 g/mol. The van der Waals surface area contributed by atoms with E-state index in [0.717, 1.165) is 16.7 Å². The smallest absolute Gasteiger partial charge is 0.266 e. The van der Waals surface area contributed by atoms with Crippen molar-refractivity contribution < 1.29 is 12.6 Å². The zero-order chi connectivity index (χ0) is 18.4. The minimum absolute atomic E-state index is 0.0885. The maximum atomic E-state index is 12.4. The van der Waals surface area contributed by atoms with Crippen molar-refractivity contribution in [2.75, 3.05) is 6.61 Å². The van der Waals surface area contributed by atoms with Crippen molar-refractivity contribution in [3.05, 3.63) is 102 Å². The summed E-state index contributed by atoms with van der Waals surface area (Å²) in [4.78, 5) is 0.194. The van der Waals surface area contributed by atoms with Crippen molar-refractivity contribution in [2.24, 2.45) is 0 Å². The van der Waals surface area contributed by atoms with Crippen molar-refractivity contribution in [2.45, 2.75) is 24.2 Å². The summed E-state index contributed by atoms with van der Waals surface area (Å²) in [5, 5.41) is 0. The topological polar surface area (TPSA) is 43.4 Å². The molecule has 26 heavy (non-hydrogen) atoms. The Labute approximate surface area is 155 Å². The van der Waals surface area contributed by atoms with Gasteiger partial charge in [-0.15, -0.1) is 0 Å². The first-order chi connectivity index (χ1) is 12.6. The van der Waals surface area contributed by atoms with Crippen molar-refractivity contribution in [1.29, 1.82) is 0 Å². The third-order valence-corrected chi connectivity index (χ3v) is 5.69. The molecule has 0 radical (unpaired) electrons. The Morgan fingerprint density at radius 3 is 1.77 bits per heavy atom. The first-order valence-electron chi connectivity index (χ1n) is 8.62. The molecule has 0 aromatic heterocycles. The van der Waals surface area contributed by atoms with E-state index in [2.05, 4.69) is 24.3 Å². The second kappa shape index (κ2) is 8.30. The van der Waals surface area contributed by atoms with Crippen LogP contribution in [0.3, 0.4) is 0 Å². The molecule has 0 heterocycles. The number of hydrogen-bond acceptors (Lipinski definition) is 3. The lowest BCUT2D eigenvalue weighted by Gasteiger charge is -2.18. The van der Waals surface area contributed by atoms with Crippen LogP contribution in [0.2, 0.25) is 0 Å². The molecule has 0 bridgehead atoms. The fraction of sp³-hybridized carbons (Fsp3) is 0.182. The van der Waals surface area contributed by atoms with Crippen molar-refractivity contribution in [1.82, 2.24) is 0 Å². The molecule has 3 aromatic rings. The molecule has 0 unspecified atom stereocenters. The average molecular weight is 366 g/mol. The molecule has 0 atom stereocenters. The van der Waals surface area contributed by atoms with Crippen molar-refractivity contribution in [3.8, 4) is 0 Å². The van der Waals surface area contributed by atoms with Gasteiger partial charge in [0.1, 0.15) is 0 Å². The second-order valence-corrected chi connectivity index (χ2v) is 7.87. The molecule has 3 rings (SSSR count). The van der Waals surface area contributed by atoms with E-state index in [9.17, 15) is 8.42 Å². The molecular weight excluding hydrogens is 344 g/mol. The standard InChI is InChI=1S/C22H22O3S/c1-18-12-14-21(15-13-18)26(23,24)25-17-16-22(19-8-4-2-5-9-19)20-10-6-3-7-11-20/h2-15,22H,16-17H2,1H3. The molecule has 3 aromatic carbocycles. The van der Waals surface area contributed by atoms with E-state index in [-0.39, 0.29) is 17.4 Å². The summed E-state index contributed by atoms with van der Waals surface area (Å²) in [6.45, 7) is 2.05. The molecule has 3 nitrogen and oxygen atoms in total. The summed E-state index contributed by atoms with van der Waals surface area (Å²) in [5.41, 5.74) is 3.31. The fourth-order valence-electron chi connectivity index (χ4n) is 2.95. The van der Waals surface area contributed by atoms with E-state index < -0.39 is 10.1 Å². The van der Waals surface area contributed by atoms with Gasteiger partial charge in [0.15, 0.2) is 0 Å². The Morgan fingerprint density at radius 2 is 1.27 bits per heavy atom. The highest BCUT2D eigenvalue weighted by Gasteiger charge is 2.18. The van der Waals surface area contributed by atoms with Crippen LogP contribution in [0.1, 0.15) is 29.0 Å². The van der Waals surface area contributed by atoms with Crippen LogP contribution in [-0.4, -0.2) is 15.0 Å². The van der Waals surface area contributed by atoms with Crippen molar-refractivity contribution in [3.63, 3.8) is 0 Å². The Morgan fingerprint density at radius 1 is 0.769 bits per heavy atom. The SMILES string of the molecule is Cc1ccc(S(=O)(=O)OCCC(c2ccccc2)c2ccccc2)cc1. The number of benzene rings is 3. The van der Waals surface area contributed by atoms with Gasteiger partial charge in [0.25, 0.3) is 10.1 Å². The van der Waals surface area contributed by atoms with Crippen LogP contribution in [0, 0.1) is 6.92 Å². The molecule has 0 spiro atoms. The van der Waals surface area contributed by atoms with Crippen LogP contribution in [0.4, 0.5) is 0 Å². The minimum Gasteiger partial charge on any atom is -0.266 e. The third kappa shape index (κ3) is 4.59. The van der Waals surface area contributed by atoms with Gasteiger partial charge in [-0.1, -0.05) is 78.4 Å². The Bertz CT molecular complexity index is 879. The van der Waals surface area contributed by atoms with Gasteiger partial charge in [0.2, 0.25) is 0 Å². The highest BCUT2D eigenvalue weighted by Crippen LogP contribution is 2.28. The summed E-state index contributed by atoms with van der Waals surface area (Å²) in [6, 6.07) is 26.9. The highest BCUT2D eigenvalue weighted by atomic mass is 32.2. The molecule has 0 amide bonds. The fourth-order valence-corrected chi connectivity index (χ4v) is 3.87. The molecule has 0 aliphatic carbocycles. The van der Waals surface area contributed by atoms with Crippen molar-refractivity contribution >= 4 is 10.1 Å². The Balaban J connectivity index is 1.73. The summed E-state index contributed by atoms with van der Waals surface area (Å²) < 4.78 is 30.1. The van der Waals surface area contributed by atoms with E-state index in [0.29, 0.717) is 6.42 Å². The van der Waals surface area contributed by atoms with Gasteiger partial charge in [0, 0.05) is 5.92 Å². The van der Waals surface area contributed by atoms with Crippen LogP contribution >= 0.6 is 0 Å². The van der Waals surface area contributed by atoms with Crippen LogP contribution in [0.5, 0.6) is 0 Å². The third-order valence-electron chi connectivity index (χ3n) is 4.36. The summed E-state index contributed by atoms with van der Waals surface area (Å²) in [5.74, 6) is 0.0885. The molecule has 0 N–H and O–H groups in total. The van der Waals surface area contributed by atoms with Gasteiger partial charge in [0.05, 0.1) is 11.5 Å². The second-order valence-electron chi connectivity index (χ2n) is 6.25. The van der Waals surface area contributed by atoms with E-state index in [1.54, 1.807) is 24.3 Å². The quantitative estimate of drug-likeness (QED) is 0.557. The van der Waals surface area contributed by atoms with E-state index >= 15 is 0 Å². The van der Waals surface area contributed by atoms with E-state index in [1.807, 2.05) is 43.3 Å². The van der Waals surface area contributed by atoms with Gasteiger partial charge in [-0.2, -0.15) is 8.42 Å². The Kier molecular flexibility index (Phi) is 5.86. The molecule has 0 aliphatic rings. The lowest BCUT2D eigenvalue weighted by molar-refractivity contribution is 0.306.